The quantitative estimate of drug-likeness (QED) is 0.555. The number of benzene rings is 1. The van der Waals surface area contributed by atoms with Crippen molar-refractivity contribution < 1.29 is 0 Å². The van der Waals surface area contributed by atoms with Gasteiger partial charge in [0.1, 0.15) is 5.82 Å². The zero-order valence-electron chi connectivity index (χ0n) is 7.58. The van der Waals surface area contributed by atoms with E-state index in [1.807, 2.05) is 13.0 Å². The maximum Gasteiger partial charge on any atom is 0.151 e. The predicted molar refractivity (Wildman–Crippen MR) is 57.1 cm³/mol. The number of aryl methyl sites for hydroxylation is 1. The number of anilines is 1. The van der Waals surface area contributed by atoms with Crippen LogP contribution in [0.2, 0.25) is 5.02 Å². The molecule has 14 heavy (non-hydrogen) atoms. The normalized spacial score (nSPS) is 10.5. The number of hydrazine groups is 1. The van der Waals surface area contributed by atoms with Crippen molar-refractivity contribution in [2.75, 3.05) is 5.43 Å². The Labute approximate surface area is 86.1 Å². The first-order chi connectivity index (χ1) is 6.70. The Balaban J connectivity index is 2.81. The van der Waals surface area contributed by atoms with E-state index in [0.29, 0.717) is 16.7 Å². The highest BCUT2D eigenvalue weighted by molar-refractivity contribution is 6.31. The van der Waals surface area contributed by atoms with E-state index in [1.165, 1.54) is 0 Å². The first-order valence-electron chi connectivity index (χ1n) is 4.11. The SMILES string of the molecule is Cc1nc(NN)c2cc(Cl)ccc2n1. The maximum atomic E-state index is 5.86. The predicted octanol–water partition coefficient (Wildman–Crippen LogP) is 1.88. The van der Waals surface area contributed by atoms with Gasteiger partial charge in [-0.25, -0.2) is 15.8 Å². The molecule has 2 aromatic rings. The average molecular weight is 209 g/mol. The summed E-state index contributed by atoms with van der Waals surface area (Å²) in [4.78, 5) is 8.42. The molecule has 2 rings (SSSR count). The summed E-state index contributed by atoms with van der Waals surface area (Å²) < 4.78 is 0. The standard InChI is InChI=1S/C9H9ClN4/c1-5-12-8-3-2-6(10)4-7(8)9(13-5)14-11/h2-4H,11H2,1H3,(H,12,13,14). The Kier molecular flexibility index (Phi) is 2.23. The minimum Gasteiger partial charge on any atom is -0.308 e. The third-order valence-electron chi connectivity index (χ3n) is 1.91. The summed E-state index contributed by atoms with van der Waals surface area (Å²) in [6, 6.07) is 5.41. The molecule has 4 nitrogen and oxygen atoms in total. The number of hydrogen-bond donors (Lipinski definition) is 2. The average Bonchev–Trinajstić information content (AvgIpc) is 2.17. The summed E-state index contributed by atoms with van der Waals surface area (Å²) in [5.41, 5.74) is 3.36. The molecule has 72 valence electrons. The Morgan fingerprint density at radius 2 is 2.14 bits per heavy atom. The molecule has 0 unspecified atom stereocenters. The summed E-state index contributed by atoms with van der Waals surface area (Å²) in [6.45, 7) is 1.81. The fourth-order valence-corrected chi connectivity index (χ4v) is 1.50. The number of hydrogen-bond acceptors (Lipinski definition) is 4. The Bertz CT molecular complexity index is 483. The molecule has 0 saturated heterocycles. The molecular weight excluding hydrogens is 200 g/mol. The van der Waals surface area contributed by atoms with E-state index in [-0.39, 0.29) is 0 Å². The summed E-state index contributed by atoms with van der Waals surface area (Å²) >= 11 is 5.86. The number of nitrogens with one attached hydrogen (secondary N) is 1. The van der Waals surface area contributed by atoms with Crippen LogP contribution in [-0.2, 0) is 0 Å². The molecule has 3 N–H and O–H groups in total. The van der Waals surface area contributed by atoms with Crippen molar-refractivity contribution in [2.45, 2.75) is 6.92 Å². The molecule has 0 fully saturated rings. The molecule has 0 bridgehead atoms. The van der Waals surface area contributed by atoms with Crippen molar-refractivity contribution in [1.29, 1.82) is 0 Å². The number of aromatic nitrogens is 2. The zero-order valence-corrected chi connectivity index (χ0v) is 8.34. The van der Waals surface area contributed by atoms with E-state index in [9.17, 15) is 0 Å². The van der Waals surface area contributed by atoms with Crippen LogP contribution in [0.3, 0.4) is 0 Å². The van der Waals surface area contributed by atoms with Gasteiger partial charge in [0.05, 0.1) is 5.52 Å². The van der Waals surface area contributed by atoms with Gasteiger partial charge in [0.15, 0.2) is 5.82 Å². The molecule has 1 aromatic carbocycles. The van der Waals surface area contributed by atoms with E-state index >= 15 is 0 Å². The van der Waals surface area contributed by atoms with Gasteiger partial charge in [-0.1, -0.05) is 11.6 Å². The molecule has 1 aromatic heterocycles. The van der Waals surface area contributed by atoms with Gasteiger partial charge in [-0.15, -0.1) is 0 Å². The van der Waals surface area contributed by atoms with Crippen LogP contribution in [0.1, 0.15) is 5.82 Å². The van der Waals surface area contributed by atoms with Gasteiger partial charge in [-0.3, -0.25) is 0 Å². The summed E-state index contributed by atoms with van der Waals surface area (Å²) in [7, 11) is 0. The number of nitrogens with two attached hydrogens (primary N) is 1. The van der Waals surface area contributed by atoms with Crippen LogP contribution in [0.15, 0.2) is 18.2 Å². The van der Waals surface area contributed by atoms with E-state index in [0.717, 1.165) is 10.9 Å². The van der Waals surface area contributed by atoms with Crippen LogP contribution < -0.4 is 11.3 Å². The van der Waals surface area contributed by atoms with Crippen molar-refractivity contribution in [2.24, 2.45) is 5.84 Å². The summed E-state index contributed by atoms with van der Waals surface area (Å²) in [5.74, 6) is 6.62. The van der Waals surface area contributed by atoms with Gasteiger partial charge in [0.2, 0.25) is 0 Å². The summed E-state index contributed by atoms with van der Waals surface area (Å²) in [5, 5.41) is 1.46. The lowest BCUT2D eigenvalue weighted by molar-refractivity contribution is 1.08. The fourth-order valence-electron chi connectivity index (χ4n) is 1.33. The lowest BCUT2D eigenvalue weighted by atomic mass is 10.2. The molecular formula is C9H9ClN4. The molecule has 0 aliphatic rings. The van der Waals surface area contributed by atoms with Crippen LogP contribution in [0, 0.1) is 6.92 Å². The van der Waals surface area contributed by atoms with Crippen molar-refractivity contribution in [3.8, 4) is 0 Å². The largest absolute Gasteiger partial charge is 0.308 e. The smallest absolute Gasteiger partial charge is 0.151 e. The molecule has 0 aliphatic heterocycles. The summed E-state index contributed by atoms with van der Waals surface area (Å²) in [6.07, 6.45) is 0. The molecule has 0 saturated carbocycles. The third kappa shape index (κ3) is 1.49. The topological polar surface area (TPSA) is 63.8 Å². The molecule has 0 spiro atoms. The number of nitrogen functional groups attached to an aromatic ring is 1. The van der Waals surface area contributed by atoms with Crippen LogP contribution in [0.5, 0.6) is 0 Å². The Morgan fingerprint density at radius 1 is 1.36 bits per heavy atom. The fraction of sp³-hybridized carbons (Fsp3) is 0.111. The third-order valence-corrected chi connectivity index (χ3v) is 2.14. The Hall–Kier alpha value is -1.39. The first kappa shape index (κ1) is 9.18. The van der Waals surface area contributed by atoms with E-state index in [1.54, 1.807) is 12.1 Å². The number of rotatable bonds is 1. The zero-order chi connectivity index (χ0) is 10.1. The second-order valence-corrected chi connectivity index (χ2v) is 3.36. The molecule has 5 heteroatoms. The number of nitrogens with zero attached hydrogens (tertiary/aromatic N) is 2. The second kappa shape index (κ2) is 3.40. The molecule has 0 atom stereocenters. The first-order valence-corrected chi connectivity index (χ1v) is 4.49. The van der Waals surface area contributed by atoms with Crippen molar-refractivity contribution >= 4 is 28.3 Å². The Morgan fingerprint density at radius 3 is 2.86 bits per heavy atom. The highest BCUT2D eigenvalue weighted by Crippen LogP contribution is 2.22. The minimum absolute atomic E-state index is 0.593. The molecule has 0 amide bonds. The van der Waals surface area contributed by atoms with E-state index in [4.69, 9.17) is 17.4 Å². The highest BCUT2D eigenvalue weighted by Gasteiger charge is 2.04. The van der Waals surface area contributed by atoms with Crippen LogP contribution in [-0.4, -0.2) is 9.97 Å². The minimum atomic E-state index is 0.593. The van der Waals surface area contributed by atoms with Gasteiger partial charge in [-0.2, -0.15) is 0 Å². The number of halogens is 1. The van der Waals surface area contributed by atoms with Crippen LogP contribution in [0.25, 0.3) is 10.9 Å². The lowest BCUT2D eigenvalue weighted by Crippen LogP contribution is -2.10. The van der Waals surface area contributed by atoms with Gasteiger partial charge in [-0.05, 0) is 25.1 Å². The van der Waals surface area contributed by atoms with Gasteiger partial charge < -0.3 is 5.43 Å². The highest BCUT2D eigenvalue weighted by atomic mass is 35.5. The van der Waals surface area contributed by atoms with E-state index < -0.39 is 0 Å². The molecule has 0 aliphatic carbocycles. The van der Waals surface area contributed by atoms with Gasteiger partial charge in [0, 0.05) is 10.4 Å². The maximum absolute atomic E-state index is 5.86. The van der Waals surface area contributed by atoms with E-state index in [2.05, 4.69) is 15.4 Å². The van der Waals surface area contributed by atoms with Crippen LogP contribution >= 0.6 is 11.6 Å². The van der Waals surface area contributed by atoms with Crippen molar-refractivity contribution in [3.05, 3.63) is 29.0 Å². The van der Waals surface area contributed by atoms with Crippen LogP contribution in [0.4, 0.5) is 5.82 Å². The van der Waals surface area contributed by atoms with Crippen molar-refractivity contribution in [1.82, 2.24) is 9.97 Å². The second-order valence-electron chi connectivity index (χ2n) is 2.93. The molecule has 1 heterocycles. The van der Waals surface area contributed by atoms with Gasteiger partial charge in [0.25, 0.3) is 0 Å². The molecule has 0 radical (unpaired) electrons. The monoisotopic (exact) mass is 208 g/mol. The number of fused-ring (bicyclic) bond motifs is 1. The lowest BCUT2D eigenvalue weighted by Gasteiger charge is -2.05. The van der Waals surface area contributed by atoms with Gasteiger partial charge >= 0.3 is 0 Å². The van der Waals surface area contributed by atoms with Crippen molar-refractivity contribution in [3.63, 3.8) is 0 Å².